The predicted octanol–water partition coefficient (Wildman–Crippen LogP) is 5.26. The molecule has 0 spiro atoms. The van der Waals surface area contributed by atoms with E-state index in [4.69, 9.17) is 0 Å². The smallest absolute Gasteiger partial charge is 0.323 e. The summed E-state index contributed by atoms with van der Waals surface area (Å²) in [6, 6.07) is 19.3. The molecule has 9 nitrogen and oxygen atoms in total. The number of urea groups is 1. The van der Waals surface area contributed by atoms with E-state index in [9.17, 15) is 23.1 Å². The van der Waals surface area contributed by atoms with Gasteiger partial charge < -0.3 is 15.7 Å². The Kier molecular flexibility index (Phi) is 7.97. The van der Waals surface area contributed by atoms with Gasteiger partial charge in [-0.1, -0.05) is 42.5 Å². The summed E-state index contributed by atoms with van der Waals surface area (Å²) in [7, 11) is -3.99. The highest BCUT2D eigenvalue weighted by Gasteiger charge is 2.25. The second kappa shape index (κ2) is 11.3. The summed E-state index contributed by atoms with van der Waals surface area (Å²) in [6.45, 7) is 1.85. The topological polar surface area (TPSA) is 137 Å². The molecule has 4 rings (SSSR count). The number of carboxylic acids is 1. The van der Waals surface area contributed by atoms with Gasteiger partial charge in [-0.25, -0.2) is 17.9 Å². The molecule has 0 fully saturated rings. The van der Waals surface area contributed by atoms with E-state index in [0.29, 0.717) is 21.8 Å². The molecule has 0 bridgehead atoms. The van der Waals surface area contributed by atoms with Crippen LogP contribution in [0.25, 0.3) is 10.4 Å². The Labute approximate surface area is 218 Å². The maximum atomic E-state index is 13.1. The molecule has 190 valence electrons. The highest BCUT2D eigenvalue weighted by molar-refractivity contribution is 7.91. The molecule has 0 aliphatic carbocycles. The molecular weight excluding hydrogens is 512 g/mol. The number of pyridine rings is 1. The van der Waals surface area contributed by atoms with Crippen molar-refractivity contribution in [1.82, 2.24) is 9.71 Å². The van der Waals surface area contributed by atoms with Crippen LogP contribution in [-0.4, -0.2) is 30.5 Å². The van der Waals surface area contributed by atoms with Crippen molar-refractivity contribution < 1.29 is 23.1 Å². The number of amides is 2. The van der Waals surface area contributed by atoms with Crippen molar-refractivity contribution >= 4 is 44.7 Å². The average molecular weight is 537 g/mol. The Morgan fingerprint density at radius 2 is 1.78 bits per heavy atom. The zero-order valence-corrected chi connectivity index (χ0v) is 21.3. The molecule has 37 heavy (non-hydrogen) atoms. The van der Waals surface area contributed by atoms with Gasteiger partial charge in [0.15, 0.2) is 0 Å². The number of aliphatic carboxylic acids is 1. The van der Waals surface area contributed by atoms with Crippen LogP contribution >= 0.6 is 11.3 Å². The van der Waals surface area contributed by atoms with Gasteiger partial charge in [0.05, 0.1) is 24.3 Å². The van der Waals surface area contributed by atoms with Gasteiger partial charge in [-0.05, 0) is 53.9 Å². The molecular formula is C26H24N4O5S2. The summed E-state index contributed by atoms with van der Waals surface area (Å²) in [5.41, 5.74) is 3.23. The fraction of sp³-hybridized carbons (Fsp3) is 0.115. The second-order valence-corrected chi connectivity index (χ2v) is 11.2. The standard InChI is InChI=1S/C26H24N4O5S2/c1-17-9-10-19(14-21(17)29-26(33)28-20-8-5-13-27-16-20)23-11-12-25(36-23)37(34,35)30-22(15-24(31)32)18-6-3-2-4-7-18/h2-14,16,22,30H,15H2,1H3,(H,31,32)(H2,28,29,33). The lowest BCUT2D eigenvalue weighted by Crippen LogP contribution is -2.29. The van der Waals surface area contributed by atoms with Gasteiger partial charge in [0.1, 0.15) is 4.21 Å². The third-order valence-electron chi connectivity index (χ3n) is 5.41. The average Bonchev–Trinajstić information content (AvgIpc) is 3.37. The molecule has 0 aliphatic heterocycles. The first-order chi connectivity index (χ1) is 17.7. The summed E-state index contributed by atoms with van der Waals surface area (Å²) >= 11 is 1.05. The van der Waals surface area contributed by atoms with Crippen LogP contribution in [0.5, 0.6) is 0 Å². The normalized spacial score (nSPS) is 12.0. The van der Waals surface area contributed by atoms with Crippen molar-refractivity contribution in [3.63, 3.8) is 0 Å². The molecule has 11 heteroatoms. The van der Waals surface area contributed by atoms with Crippen LogP contribution < -0.4 is 15.4 Å². The maximum Gasteiger partial charge on any atom is 0.323 e. The Bertz CT molecular complexity index is 1510. The minimum atomic E-state index is -3.99. The Hall–Kier alpha value is -4.06. The van der Waals surface area contributed by atoms with Gasteiger partial charge in [-0.15, -0.1) is 11.3 Å². The van der Waals surface area contributed by atoms with Gasteiger partial charge in [-0.2, -0.15) is 0 Å². The van der Waals surface area contributed by atoms with Crippen molar-refractivity contribution in [1.29, 1.82) is 0 Å². The van der Waals surface area contributed by atoms with Crippen LogP contribution in [0.15, 0.2) is 89.4 Å². The molecule has 0 aliphatic rings. The fourth-order valence-electron chi connectivity index (χ4n) is 3.58. The fourth-order valence-corrected chi connectivity index (χ4v) is 6.13. The number of hydrogen-bond acceptors (Lipinski definition) is 6. The van der Waals surface area contributed by atoms with Crippen molar-refractivity contribution in [2.45, 2.75) is 23.6 Å². The zero-order valence-electron chi connectivity index (χ0n) is 19.7. The number of anilines is 2. The predicted molar refractivity (Wildman–Crippen MR) is 143 cm³/mol. The number of nitrogens with zero attached hydrogens (tertiary/aromatic N) is 1. The van der Waals surface area contributed by atoms with Gasteiger partial charge in [0.25, 0.3) is 10.0 Å². The van der Waals surface area contributed by atoms with Gasteiger partial charge in [0.2, 0.25) is 0 Å². The van der Waals surface area contributed by atoms with Crippen LogP contribution in [0.4, 0.5) is 16.2 Å². The molecule has 2 aromatic heterocycles. The largest absolute Gasteiger partial charge is 0.481 e. The van der Waals surface area contributed by atoms with E-state index >= 15 is 0 Å². The minimum Gasteiger partial charge on any atom is -0.481 e. The first kappa shape index (κ1) is 26.0. The zero-order chi connectivity index (χ0) is 26.4. The number of aromatic nitrogens is 1. The van der Waals surface area contributed by atoms with Crippen LogP contribution in [0.3, 0.4) is 0 Å². The highest BCUT2D eigenvalue weighted by atomic mass is 32.2. The summed E-state index contributed by atoms with van der Waals surface area (Å²) in [6.07, 6.45) is 2.74. The number of rotatable bonds is 9. The molecule has 2 aromatic carbocycles. The third kappa shape index (κ3) is 6.79. The van der Waals surface area contributed by atoms with Crippen LogP contribution in [0.1, 0.15) is 23.6 Å². The van der Waals surface area contributed by atoms with E-state index in [0.717, 1.165) is 22.5 Å². The van der Waals surface area contributed by atoms with E-state index in [1.807, 2.05) is 19.1 Å². The highest BCUT2D eigenvalue weighted by Crippen LogP contribution is 2.34. The summed E-state index contributed by atoms with van der Waals surface area (Å²) < 4.78 is 28.8. The molecule has 4 N–H and O–H groups in total. The molecule has 2 amide bonds. The lowest BCUT2D eigenvalue weighted by molar-refractivity contribution is -0.137. The summed E-state index contributed by atoms with van der Waals surface area (Å²) in [5, 5.41) is 14.8. The summed E-state index contributed by atoms with van der Waals surface area (Å²) in [5.74, 6) is -1.12. The van der Waals surface area contributed by atoms with Crippen LogP contribution in [0.2, 0.25) is 0 Å². The van der Waals surface area contributed by atoms with Gasteiger partial charge in [0, 0.05) is 16.8 Å². The van der Waals surface area contributed by atoms with E-state index in [1.54, 1.807) is 60.8 Å². The van der Waals surface area contributed by atoms with Crippen molar-refractivity contribution in [3.8, 4) is 10.4 Å². The molecule has 0 radical (unpaired) electrons. The van der Waals surface area contributed by atoms with E-state index < -0.39 is 34.5 Å². The van der Waals surface area contributed by atoms with Crippen LogP contribution in [0, 0.1) is 6.92 Å². The number of hydrogen-bond donors (Lipinski definition) is 4. The second-order valence-electron chi connectivity index (χ2n) is 8.15. The SMILES string of the molecule is Cc1ccc(-c2ccc(S(=O)(=O)NC(CC(=O)O)c3ccccc3)s2)cc1NC(=O)Nc1cccnc1. The molecule has 0 saturated heterocycles. The van der Waals surface area contributed by atoms with Crippen molar-refractivity contribution in [3.05, 3.63) is 96.3 Å². The molecule has 4 aromatic rings. The number of nitrogens with one attached hydrogen (secondary N) is 3. The van der Waals surface area contributed by atoms with E-state index in [1.165, 1.54) is 12.3 Å². The van der Waals surface area contributed by atoms with Crippen LogP contribution in [-0.2, 0) is 14.8 Å². The lowest BCUT2D eigenvalue weighted by Gasteiger charge is -2.16. The monoisotopic (exact) mass is 536 g/mol. The molecule has 2 heterocycles. The first-order valence-electron chi connectivity index (χ1n) is 11.2. The maximum absolute atomic E-state index is 13.1. The third-order valence-corrected chi connectivity index (χ3v) is 8.51. The van der Waals surface area contributed by atoms with Gasteiger partial charge >= 0.3 is 12.0 Å². The number of carbonyl (C=O) groups is 2. The number of benzene rings is 2. The number of carboxylic acid groups (broad SMARTS) is 1. The van der Waals surface area contributed by atoms with Gasteiger partial charge in [-0.3, -0.25) is 9.78 Å². The Morgan fingerprint density at radius 3 is 2.49 bits per heavy atom. The number of sulfonamides is 1. The summed E-state index contributed by atoms with van der Waals surface area (Å²) in [4.78, 5) is 28.4. The van der Waals surface area contributed by atoms with Crippen molar-refractivity contribution in [2.24, 2.45) is 0 Å². The molecule has 1 atom stereocenters. The van der Waals surface area contributed by atoms with Crippen molar-refractivity contribution in [2.75, 3.05) is 10.6 Å². The quantitative estimate of drug-likeness (QED) is 0.230. The Balaban J connectivity index is 1.53. The molecule has 0 saturated carbocycles. The first-order valence-corrected chi connectivity index (χ1v) is 13.5. The lowest BCUT2D eigenvalue weighted by atomic mass is 10.1. The van der Waals surface area contributed by atoms with E-state index in [2.05, 4.69) is 20.3 Å². The Morgan fingerprint density at radius 1 is 1.00 bits per heavy atom. The number of aryl methyl sites for hydroxylation is 1. The minimum absolute atomic E-state index is 0.0539. The number of thiophene rings is 1. The van der Waals surface area contributed by atoms with E-state index in [-0.39, 0.29) is 4.21 Å². The number of carbonyl (C=O) groups excluding carboxylic acids is 1. The molecule has 1 unspecified atom stereocenters.